The van der Waals surface area contributed by atoms with E-state index in [2.05, 4.69) is 17.4 Å². The zero-order valence-corrected chi connectivity index (χ0v) is 14.8. The molecule has 0 aromatic heterocycles. The monoisotopic (exact) mass is 349 g/mol. The van der Waals surface area contributed by atoms with Crippen molar-refractivity contribution in [2.75, 3.05) is 6.54 Å². The van der Waals surface area contributed by atoms with Crippen molar-refractivity contribution in [1.29, 1.82) is 0 Å². The van der Waals surface area contributed by atoms with Crippen molar-refractivity contribution < 1.29 is 8.98 Å². The molecule has 5 heteroatoms. The van der Waals surface area contributed by atoms with Gasteiger partial charge in [-0.3, -0.25) is 4.79 Å². The predicted octanol–water partition coefficient (Wildman–Crippen LogP) is 4.50. The molecule has 0 fully saturated rings. The summed E-state index contributed by atoms with van der Waals surface area (Å²) in [6.07, 6.45) is 0.811. The van der Waals surface area contributed by atoms with Gasteiger partial charge in [-0.2, -0.15) is 0 Å². The third kappa shape index (κ3) is 5.81. The average Bonchev–Trinajstić information content (AvgIpc) is 2.55. The van der Waals surface area contributed by atoms with Crippen LogP contribution in [0, 0.1) is 0 Å². The normalized spacial score (nSPS) is 11.1. The Morgan fingerprint density at radius 3 is 2.43 bits per heavy atom. The van der Waals surface area contributed by atoms with E-state index in [1.165, 1.54) is 5.56 Å². The minimum absolute atomic E-state index is 0.0487. The highest BCUT2D eigenvalue weighted by Crippen LogP contribution is 2.28. The number of nitrogens with one attached hydrogen (secondary N) is 1. The number of amides is 1. The maximum absolute atomic E-state index is 12.3. The van der Waals surface area contributed by atoms with Gasteiger partial charge < -0.3 is 9.50 Å². The highest BCUT2D eigenvalue weighted by molar-refractivity contribution is 7.97. The van der Waals surface area contributed by atoms with Gasteiger partial charge in [0.1, 0.15) is 10.5 Å². The fraction of sp³-hybridized carbons (Fsp3) is 0.278. The van der Waals surface area contributed by atoms with Crippen LogP contribution in [0.5, 0.6) is 5.75 Å². The topological polar surface area (TPSA) is 38.3 Å². The molecule has 2 aromatic rings. The molecule has 0 radical (unpaired) electrons. The lowest BCUT2D eigenvalue weighted by Gasteiger charge is -2.22. The summed E-state index contributed by atoms with van der Waals surface area (Å²) in [5, 5.41) is 3.61. The number of hydrogen-bond acceptors (Lipinski definition) is 3. The first-order valence-corrected chi connectivity index (χ1v) is 8.53. The molecular formula is C18H20ClNO2S. The van der Waals surface area contributed by atoms with Crippen molar-refractivity contribution in [2.45, 2.75) is 25.0 Å². The maximum Gasteiger partial charge on any atom is 0.239 e. The smallest absolute Gasteiger partial charge is 0.239 e. The fourth-order valence-electron chi connectivity index (χ4n) is 1.86. The Bertz CT molecular complexity index is 629. The minimum atomic E-state index is -0.684. The zero-order chi connectivity index (χ0) is 16.7. The molecule has 2 aromatic carbocycles. The lowest BCUT2D eigenvalue weighted by atomic mass is 10.1. The van der Waals surface area contributed by atoms with E-state index in [4.69, 9.17) is 15.8 Å². The second-order valence-corrected chi connectivity index (χ2v) is 7.41. The molecule has 0 aliphatic carbocycles. The average molecular weight is 350 g/mol. The van der Waals surface area contributed by atoms with Gasteiger partial charge in [-0.1, -0.05) is 41.9 Å². The van der Waals surface area contributed by atoms with Crippen molar-refractivity contribution in [2.24, 2.45) is 0 Å². The first-order valence-electron chi connectivity index (χ1n) is 7.41. The van der Waals surface area contributed by atoms with Crippen LogP contribution < -0.4 is 9.50 Å². The van der Waals surface area contributed by atoms with E-state index in [0.717, 1.165) is 18.5 Å². The Hall–Kier alpha value is -1.65. The van der Waals surface area contributed by atoms with Gasteiger partial charge in [0.2, 0.25) is 5.91 Å². The molecule has 3 nitrogen and oxygen atoms in total. The van der Waals surface area contributed by atoms with Crippen LogP contribution in [0.15, 0.2) is 54.6 Å². The molecule has 0 spiro atoms. The van der Waals surface area contributed by atoms with Crippen molar-refractivity contribution in [3.05, 3.63) is 65.2 Å². The molecule has 2 rings (SSSR count). The van der Waals surface area contributed by atoms with Gasteiger partial charge in [0.05, 0.1) is 12.0 Å². The third-order valence-corrected chi connectivity index (χ3v) is 4.38. The van der Waals surface area contributed by atoms with Gasteiger partial charge in [-0.15, -0.1) is 0 Å². The van der Waals surface area contributed by atoms with E-state index in [1.807, 2.05) is 32.0 Å². The SMILES string of the molecule is CC(C)(SOc1ccc(Cl)cc1)C(=O)NCCc1ccccc1. The molecule has 0 aliphatic heterocycles. The second-order valence-electron chi connectivity index (χ2n) is 5.62. The third-order valence-electron chi connectivity index (χ3n) is 3.25. The van der Waals surface area contributed by atoms with Gasteiger partial charge in [0, 0.05) is 11.6 Å². The lowest BCUT2D eigenvalue weighted by Crippen LogP contribution is -2.41. The van der Waals surface area contributed by atoms with Gasteiger partial charge in [-0.05, 0) is 50.1 Å². The van der Waals surface area contributed by atoms with Crippen LogP contribution in [0.3, 0.4) is 0 Å². The highest BCUT2D eigenvalue weighted by atomic mass is 35.5. The predicted molar refractivity (Wildman–Crippen MR) is 96.9 cm³/mol. The van der Waals surface area contributed by atoms with E-state index in [9.17, 15) is 4.79 Å². The number of halogens is 1. The van der Waals surface area contributed by atoms with E-state index in [-0.39, 0.29) is 5.91 Å². The molecule has 0 atom stereocenters. The summed E-state index contributed by atoms with van der Waals surface area (Å²) in [4.78, 5) is 12.3. The molecule has 1 N–H and O–H groups in total. The Morgan fingerprint density at radius 1 is 1.13 bits per heavy atom. The van der Waals surface area contributed by atoms with E-state index >= 15 is 0 Å². The first-order chi connectivity index (χ1) is 11.0. The fourth-order valence-corrected chi connectivity index (χ4v) is 2.55. The number of carbonyl (C=O) groups excluding carboxylic acids is 1. The second kappa shape index (κ2) is 8.27. The Balaban J connectivity index is 1.78. The quantitative estimate of drug-likeness (QED) is 0.748. The van der Waals surface area contributed by atoms with Crippen molar-refractivity contribution >= 4 is 29.6 Å². The number of benzene rings is 2. The Labute approximate surface area is 146 Å². The molecule has 23 heavy (non-hydrogen) atoms. The summed E-state index contributed by atoms with van der Waals surface area (Å²) < 4.78 is 4.92. The molecule has 0 saturated carbocycles. The van der Waals surface area contributed by atoms with E-state index < -0.39 is 4.75 Å². The van der Waals surface area contributed by atoms with Crippen molar-refractivity contribution in [3.8, 4) is 5.75 Å². The van der Waals surface area contributed by atoms with Crippen molar-refractivity contribution in [3.63, 3.8) is 0 Å². The molecule has 0 unspecified atom stereocenters. The summed E-state index contributed by atoms with van der Waals surface area (Å²) in [5.74, 6) is 0.622. The highest BCUT2D eigenvalue weighted by Gasteiger charge is 2.30. The number of hydrogen-bond donors (Lipinski definition) is 1. The largest absolute Gasteiger partial charge is 0.425 e. The van der Waals surface area contributed by atoms with Crippen LogP contribution >= 0.6 is 23.6 Å². The molecule has 122 valence electrons. The van der Waals surface area contributed by atoms with Crippen LogP contribution in [0.2, 0.25) is 5.02 Å². The summed E-state index contributed by atoms with van der Waals surface area (Å²) >= 11 is 6.97. The van der Waals surface area contributed by atoms with E-state index in [1.54, 1.807) is 24.3 Å². The van der Waals surface area contributed by atoms with Crippen LogP contribution in [0.25, 0.3) is 0 Å². The van der Waals surface area contributed by atoms with E-state index in [0.29, 0.717) is 17.3 Å². The van der Waals surface area contributed by atoms with Gasteiger partial charge >= 0.3 is 0 Å². The minimum Gasteiger partial charge on any atom is -0.425 e. The molecular weight excluding hydrogens is 330 g/mol. The first kappa shape index (κ1) is 17.7. The van der Waals surface area contributed by atoms with Gasteiger partial charge in [0.25, 0.3) is 0 Å². The van der Waals surface area contributed by atoms with Crippen LogP contribution in [0.4, 0.5) is 0 Å². The van der Waals surface area contributed by atoms with Crippen LogP contribution in [-0.4, -0.2) is 17.2 Å². The summed E-state index contributed by atoms with van der Waals surface area (Å²) in [5.41, 5.74) is 1.20. The van der Waals surface area contributed by atoms with Crippen LogP contribution in [-0.2, 0) is 11.2 Å². The zero-order valence-electron chi connectivity index (χ0n) is 13.2. The standard InChI is InChI=1S/C18H20ClNO2S/c1-18(2,23-22-16-10-8-15(19)9-11-16)17(21)20-13-12-14-6-4-3-5-7-14/h3-11H,12-13H2,1-2H3,(H,20,21). The summed E-state index contributed by atoms with van der Waals surface area (Å²) in [6, 6.07) is 17.1. The lowest BCUT2D eigenvalue weighted by molar-refractivity contribution is -0.122. The number of carbonyl (C=O) groups is 1. The van der Waals surface area contributed by atoms with Crippen molar-refractivity contribution in [1.82, 2.24) is 5.32 Å². The number of rotatable bonds is 7. The Morgan fingerprint density at radius 2 is 1.78 bits per heavy atom. The molecule has 0 heterocycles. The molecule has 0 saturated heterocycles. The van der Waals surface area contributed by atoms with Gasteiger partial charge in [-0.25, -0.2) is 0 Å². The van der Waals surface area contributed by atoms with Gasteiger partial charge in [0.15, 0.2) is 0 Å². The maximum atomic E-state index is 12.3. The summed E-state index contributed by atoms with van der Waals surface area (Å²) in [6.45, 7) is 4.28. The molecule has 0 bridgehead atoms. The Kier molecular flexibility index (Phi) is 6.37. The molecule has 0 aliphatic rings. The molecule has 1 amide bonds. The van der Waals surface area contributed by atoms with Crippen LogP contribution in [0.1, 0.15) is 19.4 Å². The summed E-state index contributed by atoms with van der Waals surface area (Å²) in [7, 11) is 0.